The van der Waals surface area contributed by atoms with Crippen LogP contribution in [0.15, 0.2) is 71.6 Å². The normalized spacial score (nSPS) is 12.3. The van der Waals surface area contributed by atoms with Gasteiger partial charge in [-0.3, -0.25) is 13.9 Å². The van der Waals surface area contributed by atoms with Crippen LogP contribution in [-0.4, -0.2) is 57.5 Å². The van der Waals surface area contributed by atoms with Gasteiger partial charge in [0.25, 0.3) is 10.0 Å². The van der Waals surface area contributed by atoms with Crippen molar-refractivity contribution in [2.24, 2.45) is 0 Å². The largest absolute Gasteiger partial charge is 0.497 e. The third-order valence-electron chi connectivity index (χ3n) is 6.28. The highest BCUT2D eigenvalue weighted by atomic mass is 35.5. The topological polar surface area (TPSA) is 105 Å². The van der Waals surface area contributed by atoms with E-state index in [1.54, 1.807) is 49.4 Å². The van der Waals surface area contributed by atoms with Crippen molar-refractivity contribution in [1.82, 2.24) is 10.2 Å². The molecule has 0 aliphatic heterocycles. The Labute approximate surface area is 257 Å². The Kier molecular flexibility index (Phi) is 10.8. The average Bonchev–Trinajstić information content (AvgIpc) is 2.95. The number of hydrogen-bond acceptors (Lipinski definition) is 6. The number of sulfonamides is 1. The van der Waals surface area contributed by atoms with Crippen molar-refractivity contribution in [2.75, 3.05) is 25.1 Å². The van der Waals surface area contributed by atoms with E-state index in [1.807, 2.05) is 20.8 Å². The number of methoxy groups -OCH3 is 2. The number of halogens is 2. The number of carbonyl (C=O) groups is 2. The Balaban J connectivity index is 2.09. The molecule has 0 aromatic heterocycles. The highest BCUT2D eigenvalue weighted by molar-refractivity contribution is 7.92. The van der Waals surface area contributed by atoms with E-state index in [0.29, 0.717) is 16.3 Å². The predicted octanol–water partition coefficient (Wildman–Crippen LogP) is 5.54. The number of hydrogen-bond donors (Lipinski definition) is 1. The van der Waals surface area contributed by atoms with E-state index in [9.17, 15) is 18.0 Å². The van der Waals surface area contributed by atoms with Crippen LogP contribution in [-0.2, 0) is 26.2 Å². The van der Waals surface area contributed by atoms with Crippen molar-refractivity contribution < 1.29 is 27.5 Å². The molecule has 1 N–H and O–H groups in total. The van der Waals surface area contributed by atoms with Gasteiger partial charge in [0.1, 0.15) is 24.1 Å². The molecule has 9 nitrogen and oxygen atoms in total. The van der Waals surface area contributed by atoms with Crippen LogP contribution < -0.4 is 19.1 Å². The molecule has 0 aliphatic rings. The lowest BCUT2D eigenvalue weighted by Gasteiger charge is -2.33. The highest BCUT2D eigenvalue weighted by Gasteiger charge is 2.34. The minimum Gasteiger partial charge on any atom is -0.497 e. The molecule has 3 rings (SSSR count). The maximum atomic E-state index is 14.1. The molecule has 42 heavy (non-hydrogen) atoms. The molecule has 0 bridgehead atoms. The SMILES string of the molecule is COc1ccc(S(=O)(=O)N(CC(=O)N(Cc2ccc(Cl)c(Cl)c2)[C@H](C)C(=O)NC(C)(C)C)c2ccccc2OC)cc1. The summed E-state index contributed by atoms with van der Waals surface area (Å²) in [7, 11) is -1.40. The van der Waals surface area contributed by atoms with Gasteiger partial charge in [-0.1, -0.05) is 41.4 Å². The molecule has 12 heteroatoms. The lowest BCUT2D eigenvalue weighted by molar-refractivity contribution is -0.140. The number of rotatable bonds is 11. The van der Waals surface area contributed by atoms with Gasteiger partial charge in [0.2, 0.25) is 11.8 Å². The number of ether oxygens (including phenoxy) is 2. The summed E-state index contributed by atoms with van der Waals surface area (Å²) in [5, 5.41) is 3.51. The zero-order valence-corrected chi connectivity index (χ0v) is 26.7. The van der Waals surface area contributed by atoms with Crippen molar-refractivity contribution in [3.05, 3.63) is 82.3 Å². The Morgan fingerprint density at radius 1 is 0.929 bits per heavy atom. The van der Waals surface area contributed by atoms with Crippen LogP contribution in [0.25, 0.3) is 0 Å². The second-order valence-corrected chi connectivity index (χ2v) is 13.2. The Morgan fingerprint density at radius 2 is 1.57 bits per heavy atom. The molecular formula is C30H35Cl2N3O6S. The molecular weight excluding hydrogens is 601 g/mol. The summed E-state index contributed by atoms with van der Waals surface area (Å²) in [6.45, 7) is 6.41. The van der Waals surface area contributed by atoms with Gasteiger partial charge in [-0.2, -0.15) is 0 Å². The Morgan fingerprint density at radius 3 is 2.14 bits per heavy atom. The van der Waals surface area contributed by atoms with Crippen molar-refractivity contribution in [1.29, 1.82) is 0 Å². The van der Waals surface area contributed by atoms with E-state index in [0.717, 1.165) is 4.31 Å². The third-order valence-corrected chi connectivity index (χ3v) is 8.80. The molecule has 3 aromatic carbocycles. The summed E-state index contributed by atoms with van der Waals surface area (Å²) < 4.78 is 39.7. The van der Waals surface area contributed by atoms with Gasteiger partial charge in [-0.25, -0.2) is 8.42 Å². The van der Waals surface area contributed by atoms with Crippen LogP contribution in [0.4, 0.5) is 5.69 Å². The molecule has 0 radical (unpaired) electrons. The van der Waals surface area contributed by atoms with E-state index in [4.69, 9.17) is 32.7 Å². The smallest absolute Gasteiger partial charge is 0.264 e. The monoisotopic (exact) mass is 635 g/mol. The third kappa shape index (κ3) is 8.08. The van der Waals surface area contributed by atoms with Crippen molar-refractivity contribution in [2.45, 2.75) is 50.7 Å². The van der Waals surface area contributed by atoms with Crippen molar-refractivity contribution >= 4 is 50.7 Å². The number of carbonyl (C=O) groups excluding carboxylic acids is 2. The summed E-state index contributed by atoms with van der Waals surface area (Å²) in [5.41, 5.74) is 0.200. The molecule has 0 saturated heterocycles. The quantitative estimate of drug-likeness (QED) is 0.297. The standard InChI is InChI=1S/C30H35Cl2N3O6S/c1-20(29(37)33-30(2,3)4)34(18-21-11-16-24(31)25(32)17-21)28(36)19-35(26-9-7-8-10-27(26)41-6)42(38,39)23-14-12-22(40-5)13-15-23/h7-17,20H,18-19H2,1-6H3,(H,33,37)/t20-/m1/s1. The highest BCUT2D eigenvalue weighted by Crippen LogP contribution is 2.33. The van der Waals surface area contributed by atoms with Gasteiger partial charge in [0.15, 0.2) is 0 Å². The van der Waals surface area contributed by atoms with Gasteiger partial charge in [-0.05, 0) is 81.8 Å². The van der Waals surface area contributed by atoms with E-state index in [2.05, 4.69) is 5.32 Å². The van der Waals surface area contributed by atoms with E-state index in [-0.39, 0.29) is 27.9 Å². The summed E-state index contributed by atoms with van der Waals surface area (Å²) in [6, 6.07) is 16.2. The molecule has 0 aliphatic carbocycles. The first kappa shape index (κ1) is 33.0. The predicted molar refractivity (Wildman–Crippen MR) is 165 cm³/mol. The molecule has 3 aromatic rings. The summed E-state index contributed by atoms with van der Waals surface area (Å²) in [5.74, 6) is -0.310. The van der Waals surface area contributed by atoms with Crippen LogP contribution >= 0.6 is 23.2 Å². The zero-order valence-electron chi connectivity index (χ0n) is 24.4. The second kappa shape index (κ2) is 13.7. The number of nitrogens with one attached hydrogen (secondary N) is 1. The van der Waals surface area contributed by atoms with Crippen LogP contribution in [0.3, 0.4) is 0 Å². The fourth-order valence-corrected chi connectivity index (χ4v) is 5.86. The minimum absolute atomic E-state index is 0.0310. The van der Waals surface area contributed by atoms with E-state index >= 15 is 0 Å². The number of amides is 2. The molecule has 0 spiro atoms. The second-order valence-electron chi connectivity index (χ2n) is 10.5. The first-order chi connectivity index (χ1) is 19.7. The molecule has 0 heterocycles. The lowest BCUT2D eigenvalue weighted by Crippen LogP contribution is -2.54. The Hall–Kier alpha value is -3.47. The molecule has 1 atom stereocenters. The maximum absolute atomic E-state index is 14.1. The van der Waals surface area contributed by atoms with E-state index in [1.165, 1.54) is 43.4 Å². The van der Waals surface area contributed by atoms with Crippen molar-refractivity contribution in [3.63, 3.8) is 0 Å². The fourth-order valence-electron chi connectivity index (χ4n) is 4.12. The first-order valence-electron chi connectivity index (χ1n) is 13.0. The summed E-state index contributed by atoms with van der Waals surface area (Å²) >= 11 is 12.3. The fraction of sp³-hybridized carbons (Fsp3) is 0.333. The summed E-state index contributed by atoms with van der Waals surface area (Å²) in [4.78, 5) is 28.6. The minimum atomic E-state index is -4.29. The van der Waals surface area contributed by atoms with Crippen molar-refractivity contribution in [3.8, 4) is 11.5 Å². The first-order valence-corrected chi connectivity index (χ1v) is 15.2. The van der Waals surface area contributed by atoms with Gasteiger partial charge in [0, 0.05) is 12.1 Å². The van der Waals surface area contributed by atoms with Crippen LogP contribution in [0.1, 0.15) is 33.3 Å². The van der Waals surface area contributed by atoms with Crippen LogP contribution in [0.2, 0.25) is 10.0 Å². The maximum Gasteiger partial charge on any atom is 0.264 e. The van der Waals surface area contributed by atoms with Gasteiger partial charge in [-0.15, -0.1) is 0 Å². The van der Waals surface area contributed by atoms with Gasteiger partial charge < -0.3 is 19.7 Å². The molecule has 0 unspecified atom stereocenters. The molecule has 0 fully saturated rings. The number of nitrogens with zero attached hydrogens (tertiary/aromatic N) is 2. The van der Waals surface area contributed by atoms with Gasteiger partial charge >= 0.3 is 0 Å². The van der Waals surface area contributed by atoms with Gasteiger partial charge in [0.05, 0.1) is 34.8 Å². The number of para-hydroxylation sites is 2. The van der Waals surface area contributed by atoms with Crippen LogP contribution in [0, 0.1) is 0 Å². The van der Waals surface area contributed by atoms with E-state index < -0.39 is 40.0 Å². The number of benzene rings is 3. The molecule has 2 amide bonds. The zero-order chi connectivity index (χ0) is 31.2. The molecule has 226 valence electrons. The number of anilines is 1. The van der Waals surface area contributed by atoms with Crippen LogP contribution in [0.5, 0.6) is 11.5 Å². The Bertz CT molecular complexity index is 1520. The molecule has 0 saturated carbocycles. The average molecular weight is 637 g/mol. The lowest BCUT2D eigenvalue weighted by atomic mass is 10.1. The summed E-state index contributed by atoms with van der Waals surface area (Å²) in [6.07, 6.45) is 0.